The van der Waals surface area contributed by atoms with Crippen molar-refractivity contribution < 1.29 is 0 Å². The molecule has 8 aromatic rings. The van der Waals surface area contributed by atoms with Gasteiger partial charge in [-0.1, -0.05) is 115 Å². The summed E-state index contributed by atoms with van der Waals surface area (Å²) in [5, 5.41) is 4.48. The van der Waals surface area contributed by atoms with Crippen LogP contribution in [0.4, 0.5) is 0 Å². The van der Waals surface area contributed by atoms with Crippen LogP contribution in [0.2, 0.25) is 0 Å². The third kappa shape index (κ3) is 3.71. The molecular formula is C37H23N3. The fraction of sp³-hybridized carbons (Fsp3) is 0. The van der Waals surface area contributed by atoms with Crippen LogP contribution >= 0.6 is 0 Å². The Balaban J connectivity index is 1.28. The molecule has 0 aliphatic rings. The minimum absolute atomic E-state index is 0.915. The Bertz CT molecular complexity index is 2200. The Kier molecular flexibility index (Phi) is 5.14. The van der Waals surface area contributed by atoms with Crippen LogP contribution in [0.1, 0.15) is 0 Å². The number of aromatic nitrogens is 3. The number of hydrogen-bond acceptors (Lipinski definition) is 3. The van der Waals surface area contributed by atoms with Gasteiger partial charge in [0.1, 0.15) is 0 Å². The van der Waals surface area contributed by atoms with Crippen LogP contribution in [0.15, 0.2) is 140 Å². The molecule has 186 valence electrons. The molecule has 3 nitrogen and oxygen atoms in total. The standard InChI is InChI=1S/C37H23N3/c1-2-9-27(10-3-1)35-29-11-5-7-13-34(29)40-37-30(35)21-18-28-20-23-33(39-36(28)37)26-16-14-25(15-17-26)32-22-19-24-8-4-6-12-31(24)38-32/h1-23H. The Labute approximate surface area is 231 Å². The van der Waals surface area contributed by atoms with Crippen LogP contribution in [0.25, 0.3) is 77.3 Å². The lowest BCUT2D eigenvalue weighted by Crippen LogP contribution is -1.93. The molecule has 0 aliphatic heterocycles. The molecule has 0 saturated heterocycles. The molecule has 0 N–H and O–H groups in total. The molecular weight excluding hydrogens is 486 g/mol. The first-order valence-electron chi connectivity index (χ1n) is 13.5. The third-order valence-corrected chi connectivity index (χ3v) is 7.65. The first-order chi connectivity index (χ1) is 19.8. The maximum Gasteiger partial charge on any atom is 0.0978 e. The zero-order valence-electron chi connectivity index (χ0n) is 21.6. The lowest BCUT2D eigenvalue weighted by molar-refractivity contribution is 1.38. The molecule has 5 aromatic carbocycles. The lowest BCUT2D eigenvalue weighted by Gasteiger charge is -2.13. The highest BCUT2D eigenvalue weighted by molar-refractivity contribution is 6.16. The van der Waals surface area contributed by atoms with Crippen LogP contribution in [0, 0.1) is 0 Å². The zero-order chi connectivity index (χ0) is 26.5. The molecule has 3 aromatic heterocycles. The quantitative estimate of drug-likeness (QED) is 0.176. The van der Waals surface area contributed by atoms with Gasteiger partial charge in [0.2, 0.25) is 0 Å². The normalized spacial score (nSPS) is 11.5. The SMILES string of the molecule is c1ccc(-c2c3ccccc3nc3c2ccc2ccc(-c4ccc(-c5ccc6ccccc6n5)cc4)nc23)cc1. The van der Waals surface area contributed by atoms with Gasteiger partial charge < -0.3 is 0 Å². The molecule has 0 spiro atoms. The predicted molar refractivity (Wildman–Crippen MR) is 166 cm³/mol. The summed E-state index contributed by atoms with van der Waals surface area (Å²) in [6, 6.07) is 48.4. The number of rotatable bonds is 3. The molecule has 8 rings (SSSR count). The van der Waals surface area contributed by atoms with E-state index in [0.29, 0.717) is 0 Å². The summed E-state index contributed by atoms with van der Waals surface area (Å²) in [5.74, 6) is 0. The molecule has 3 heterocycles. The number of nitrogens with zero attached hydrogens (tertiary/aromatic N) is 3. The van der Waals surface area contributed by atoms with Gasteiger partial charge in [0.05, 0.1) is 33.5 Å². The summed E-state index contributed by atoms with van der Waals surface area (Å²) in [4.78, 5) is 15.2. The van der Waals surface area contributed by atoms with Gasteiger partial charge in [0.15, 0.2) is 0 Å². The Hall–Kier alpha value is -5.41. The summed E-state index contributed by atoms with van der Waals surface area (Å²) in [6.45, 7) is 0. The molecule has 0 amide bonds. The highest BCUT2D eigenvalue weighted by Crippen LogP contribution is 2.37. The van der Waals surface area contributed by atoms with E-state index in [9.17, 15) is 0 Å². The number of pyridine rings is 3. The van der Waals surface area contributed by atoms with E-state index in [4.69, 9.17) is 15.0 Å². The monoisotopic (exact) mass is 509 g/mol. The molecule has 0 radical (unpaired) electrons. The molecule has 0 saturated carbocycles. The number of fused-ring (bicyclic) bond motifs is 5. The highest BCUT2D eigenvalue weighted by Gasteiger charge is 2.14. The van der Waals surface area contributed by atoms with E-state index in [1.165, 1.54) is 11.1 Å². The summed E-state index contributed by atoms with van der Waals surface area (Å²) in [5.41, 5.74) is 10.2. The van der Waals surface area contributed by atoms with Gasteiger partial charge in [-0.3, -0.25) is 0 Å². The van der Waals surface area contributed by atoms with Gasteiger partial charge in [-0.15, -0.1) is 0 Å². The van der Waals surface area contributed by atoms with E-state index in [0.717, 1.165) is 66.1 Å². The van der Waals surface area contributed by atoms with Gasteiger partial charge in [-0.2, -0.15) is 0 Å². The Morgan fingerprint density at radius 1 is 0.325 bits per heavy atom. The highest BCUT2D eigenvalue weighted by atomic mass is 14.8. The minimum atomic E-state index is 0.915. The molecule has 0 atom stereocenters. The van der Waals surface area contributed by atoms with E-state index in [2.05, 4.69) is 121 Å². The maximum absolute atomic E-state index is 5.18. The second-order valence-corrected chi connectivity index (χ2v) is 10.1. The summed E-state index contributed by atoms with van der Waals surface area (Å²) >= 11 is 0. The van der Waals surface area contributed by atoms with Crippen molar-refractivity contribution in [3.63, 3.8) is 0 Å². The van der Waals surface area contributed by atoms with Crippen LogP contribution in [0.5, 0.6) is 0 Å². The second-order valence-electron chi connectivity index (χ2n) is 10.1. The number of hydrogen-bond donors (Lipinski definition) is 0. The van der Waals surface area contributed by atoms with Crippen molar-refractivity contribution in [1.82, 2.24) is 15.0 Å². The summed E-state index contributed by atoms with van der Waals surface area (Å²) < 4.78 is 0. The molecule has 3 heteroatoms. The molecule has 40 heavy (non-hydrogen) atoms. The van der Waals surface area contributed by atoms with Crippen LogP contribution in [0.3, 0.4) is 0 Å². The minimum Gasteiger partial charge on any atom is -0.248 e. The van der Waals surface area contributed by atoms with E-state index in [1.807, 2.05) is 18.2 Å². The van der Waals surface area contributed by atoms with Gasteiger partial charge in [-0.05, 0) is 29.8 Å². The van der Waals surface area contributed by atoms with Crippen molar-refractivity contribution in [3.05, 3.63) is 140 Å². The zero-order valence-corrected chi connectivity index (χ0v) is 21.6. The van der Waals surface area contributed by atoms with Crippen molar-refractivity contribution >= 4 is 43.6 Å². The third-order valence-electron chi connectivity index (χ3n) is 7.65. The van der Waals surface area contributed by atoms with Gasteiger partial charge >= 0.3 is 0 Å². The van der Waals surface area contributed by atoms with E-state index >= 15 is 0 Å². The maximum atomic E-state index is 5.18. The fourth-order valence-corrected chi connectivity index (χ4v) is 5.65. The molecule has 0 fully saturated rings. The van der Waals surface area contributed by atoms with Crippen molar-refractivity contribution in [1.29, 1.82) is 0 Å². The topological polar surface area (TPSA) is 38.7 Å². The number of para-hydroxylation sites is 2. The van der Waals surface area contributed by atoms with Crippen molar-refractivity contribution in [3.8, 4) is 33.6 Å². The first-order valence-corrected chi connectivity index (χ1v) is 13.5. The first kappa shape index (κ1) is 22.6. The van der Waals surface area contributed by atoms with Crippen LogP contribution < -0.4 is 0 Å². The smallest absolute Gasteiger partial charge is 0.0978 e. The van der Waals surface area contributed by atoms with Gasteiger partial charge in [-0.25, -0.2) is 15.0 Å². The predicted octanol–water partition coefficient (Wildman–Crippen LogP) is 9.49. The van der Waals surface area contributed by atoms with E-state index < -0.39 is 0 Å². The fourth-order valence-electron chi connectivity index (χ4n) is 5.65. The average molecular weight is 510 g/mol. The van der Waals surface area contributed by atoms with Gasteiger partial charge in [0, 0.05) is 38.2 Å². The van der Waals surface area contributed by atoms with E-state index in [-0.39, 0.29) is 0 Å². The molecule has 0 bridgehead atoms. The second kappa shape index (κ2) is 9.11. The summed E-state index contributed by atoms with van der Waals surface area (Å²) in [6.07, 6.45) is 0. The van der Waals surface area contributed by atoms with E-state index in [1.54, 1.807) is 0 Å². The number of benzene rings is 5. The van der Waals surface area contributed by atoms with Gasteiger partial charge in [0.25, 0.3) is 0 Å². The van der Waals surface area contributed by atoms with Crippen LogP contribution in [-0.4, -0.2) is 15.0 Å². The van der Waals surface area contributed by atoms with Crippen molar-refractivity contribution in [2.75, 3.05) is 0 Å². The van der Waals surface area contributed by atoms with Crippen molar-refractivity contribution in [2.24, 2.45) is 0 Å². The largest absolute Gasteiger partial charge is 0.248 e. The lowest BCUT2D eigenvalue weighted by atomic mass is 9.95. The molecule has 0 aliphatic carbocycles. The molecule has 0 unspecified atom stereocenters. The van der Waals surface area contributed by atoms with Crippen LogP contribution in [-0.2, 0) is 0 Å². The van der Waals surface area contributed by atoms with Crippen molar-refractivity contribution in [2.45, 2.75) is 0 Å². The Morgan fingerprint density at radius 2 is 0.950 bits per heavy atom. The Morgan fingerprint density at radius 3 is 1.75 bits per heavy atom. The average Bonchev–Trinajstić information content (AvgIpc) is 3.03. The summed E-state index contributed by atoms with van der Waals surface area (Å²) in [7, 11) is 0.